The Morgan fingerprint density at radius 2 is 1.00 bits per heavy atom. The van der Waals surface area contributed by atoms with Crippen molar-refractivity contribution < 1.29 is 43.7 Å². The summed E-state index contributed by atoms with van der Waals surface area (Å²) in [4.78, 5) is 65.6. The van der Waals surface area contributed by atoms with Gasteiger partial charge in [0.15, 0.2) is 0 Å². The Balaban J connectivity index is 1.57. The van der Waals surface area contributed by atoms with Gasteiger partial charge in [-0.25, -0.2) is 9.59 Å². The average molecular weight is 796 g/mol. The van der Waals surface area contributed by atoms with Gasteiger partial charge in [0.1, 0.15) is 25.3 Å². The molecule has 14 heteroatoms. The summed E-state index contributed by atoms with van der Waals surface area (Å²) < 4.78 is 10.7. The lowest BCUT2D eigenvalue weighted by Gasteiger charge is -2.36. The number of aliphatic hydroxyl groups excluding tert-OH is 2. The van der Waals surface area contributed by atoms with Gasteiger partial charge in [0.25, 0.3) is 0 Å². The number of amides is 5. The summed E-state index contributed by atoms with van der Waals surface area (Å²) in [7, 11) is 0. The average Bonchev–Trinajstić information content (AvgIpc) is 3.22. The molecule has 0 saturated heterocycles. The van der Waals surface area contributed by atoms with Gasteiger partial charge in [-0.05, 0) is 41.0 Å². The van der Waals surface area contributed by atoms with Crippen molar-refractivity contribution in [2.75, 3.05) is 6.61 Å². The van der Waals surface area contributed by atoms with Crippen LogP contribution in [0.4, 0.5) is 9.59 Å². The maximum Gasteiger partial charge on any atom is 0.408 e. The highest BCUT2D eigenvalue weighted by molar-refractivity contribution is 5.90. The number of carbonyl (C=O) groups excluding carboxylic acids is 5. The van der Waals surface area contributed by atoms with E-state index < -0.39 is 85.0 Å². The maximum absolute atomic E-state index is 14.0. The quantitative estimate of drug-likeness (QED) is 0.0656. The fourth-order valence-electron chi connectivity index (χ4n) is 6.37. The van der Waals surface area contributed by atoms with E-state index in [1.807, 2.05) is 48.5 Å². The van der Waals surface area contributed by atoms with E-state index in [4.69, 9.17) is 15.2 Å². The summed E-state index contributed by atoms with van der Waals surface area (Å²) in [6, 6.07) is 31.4. The van der Waals surface area contributed by atoms with Crippen molar-refractivity contribution in [2.24, 2.45) is 17.6 Å². The first-order valence-electron chi connectivity index (χ1n) is 19.1. The second kappa shape index (κ2) is 23.1. The third kappa shape index (κ3) is 14.7. The highest BCUT2D eigenvalue weighted by Crippen LogP contribution is 2.21. The molecule has 308 valence electrons. The van der Waals surface area contributed by atoms with E-state index in [0.29, 0.717) is 5.56 Å². The molecule has 0 spiro atoms. The van der Waals surface area contributed by atoms with Gasteiger partial charge in [0.2, 0.25) is 17.7 Å². The zero-order valence-corrected chi connectivity index (χ0v) is 32.7. The number of primary amides is 1. The van der Waals surface area contributed by atoms with E-state index in [-0.39, 0.29) is 26.1 Å². The van der Waals surface area contributed by atoms with Gasteiger partial charge in [-0.3, -0.25) is 14.4 Å². The summed E-state index contributed by atoms with van der Waals surface area (Å²) in [5.74, 6) is -3.80. The van der Waals surface area contributed by atoms with Crippen molar-refractivity contribution in [3.8, 4) is 0 Å². The summed E-state index contributed by atoms with van der Waals surface area (Å²) in [6.45, 7) is 2.75. The molecule has 4 aromatic rings. The number of hydrogen-bond donors (Lipinski definition) is 7. The molecule has 0 fully saturated rings. The van der Waals surface area contributed by atoms with Gasteiger partial charge in [-0.1, -0.05) is 135 Å². The summed E-state index contributed by atoms with van der Waals surface area (Å²) in [6.07, 6.45) is -3.61. The molecular formula is C44H53N5O9. The van der Waals surface area contributed by atoms with E-state index in [0.717, 1.165) is 16.7 Å². The van der Waals surface area contributed by atoms with Crippen LogP contribution in [-0.2, 0) is 49.9 Å². The number of ether oxygens (including phenoxy) is 2. The van der Waals surface area contributed by atoms with Crippen molar-refractivity contribution in [1.29, 1.82) is 0 Å². The van der Waals surface area contributed by atoms with Gasteiger partial charge >= 0.3 is 12.2 Å². The van der Waals surface area contributed by atoms with E-state index >= 15 is 0 Å². The van der Waals surface area contributed by atoms with E-state index in [1.54, 1.807) is 86.6 Å². The second-order valence-corrected chi connectivity index (χ2v) is 14.3. The van der Waals surface area contributed by atoms with E-state index in [1.165, 1.54) is 0 Å². The predicted molar refractivity (Wildman–Crippen MR) is 216 cm³/mol. The van der Waals surface area contributed by atoms with Crippen molar-refractivity contribution in [1.82, 2.24) is 21.3 Å². The molecule has 4 rings (SSSR count). The number of alkyl carbamates (subject to hydrolysis) is 2. The molecule has 0 unspecified atom stereocenters. The van der Waals surface area contributed by atoms with Crippen LogP contribution in [0.15, 0.2) is 121 Å². The van der Waals surface area contributed by atoms with Gasteiger partial charge in [0, 0.05) is 12.0 Å². The predicted octanol–water partition coefficient (Wildman–Crippen LogP) is 3.53. The first kappa shape index (κ1) is 44.5. The Morgan fingerprint density at radius 3 is 1.43 bits per heavy atom. The monoisotopic (exact) mass is 795 g/mol. The number of nitrogens with two attached hydrogens (primary N) is 1. The number of nitrogens with one attached hydrogen (secondary N) is 4. The summed E-state index contributed by atoms with van der Waals surface area (Å²) in [5, 5.41) is 33.9. The SMILES string of the molecule is CC(C)[C@H](NC(=O)OCc1ccccc1)C(=O)N[C@@H](Cc1ccccc1)[C@@H](O)[C@@H](CO)[C@H](Cc1ccccc1)NC(=O)[C@@H](CC(N)=O)NC(=O)OCc1ccccc1. The van der Waals surface area contributed by atoms with E-state index in [2.05, 4.69) is 21.3 Å². The van der Waals surface area contributed by atoms with Crippen LogP contribution < -0.4 is 27.0 Å². The van der Waals surface area contributed by atoms with Crippen molar-refractivity contribution >= 4 is 29.9 Å². The number of aliphatic hydroxyl groups is 2. The van der Waals surface area contributed by atoms with Gasteiger partial charge in [-0.2, -0.15) is 0 Å². The minimum Gasteiger partial charge on any atom is -0.445 e. The van der Waals surface area contributed by atoms with Crippen LogP contribution >= 0.6 is 0 Å². The van der Waals surface area contributed by atoms with Gasteiger partial charge < -0.3 is 46.7 Å². The molecule has 0 aliphatic heterocycles. The molecule has 0 radical (unpaired) electrons. The van der Waals surface area contributed by atoms with Crippen LogP contribution in [-0.4, -0.2) is 77.0 Å². The Bertz CT molecular complexity index is 1880. The largest absolute Gasteiger partial charge is 0.445 e. The molecule has 4 aromatic carbocycles. The molecule has 8 N–H and O–H groups in total. The van der Waals surface area contributed by atoms with Crippen LogP contribution in [0, 0.1) is 11.8 Å². The normalized spacial score (nSPS) is 14.1. The second-order valence-electron chi connectivity index (χ2n) is 14.3. The van der Waals surface area contributed by atoms with Gasteiger partial charge in [-0.15, -0.1) is 0 Å². The lowest BCUT2D eigenvalue weighted by Crippen LogP contribution is -2.60. The fourth-order valence-corrected chi connectivity index (χ4v) is 6.37. The Hall–Kier alpha value is -6.25. The Morgan fingerprint density at radius 1 is 0.586 bits per heavy atom. The smallest absolute Gasteiger partial charge is 0.408 e. The van der Waals surface area contributed by atoms with Crippen LogP contribution in [0.3, 0.4) is 0 Å². The lowest BCUT2D eigenvalue weighted by molar-refractivity contribution is -0.129. The first-order chi connectivity index (χ1) is 27.9. The molecule has 58 heavy (non-hydrogen) atoms. The van der Waals surface area contributed by atoms with Crippen LogP contribution in [0.2, 0.25) is 0 Å². The third-order valence-electron chi connectivity index (χ3n) is 9.49. The van der Waals surface area contributed by atoms with Crippen molar-refractivity contribution in [3.05, 3.63) is 144 Å². The molecule has 0 saturated carbocycles. The molecular weight excluding hydrogens is 743 g/mol. The fraction of sp³-hybridized carbons (Fsp3) is 0.341. The Kier molecular flexibility index (Phi) is 17.7. The highest BCUT2D eigenvalue weighted by Gasteiger charge is 2.38. The molecule has 0 bridgehead atoms. The first-order valence-corrected chi connectivity index (χ1v) is 19.1. The van der Waals surface area contributed by atoms with E-state index in [9.17, 15) is 34.2 Å². The number of hydrogen-bond acceptors (Lipinski definition) is 9. The minimum atomic E-state index is -1.49. The van der Waals surface area contributed by atoms with Crippen LogP contribution in [0.25, 0.3) is 0 Å². The Labute approximate surface area is 338 Å². The van der Waals surface area contributed by atoms with Crippen LogP contribution in [0.5, 0.6) is 0 Å². The van der Waals surface area contributed by atoms with Crippen molar-refractivity contribution in [3.63, 3.8) is 0 Å². The summed E-state index contributed by atoms with van der Waals surface area (Å²) >= 11 is 0. The number of benzene rings is 4. The topological polar surface area (TPSA) is 218 Å². The zero-order chi connectivity index (χ0) is 41.9. The molecule has 6 atom stereocenters. The molecule has 14 nitrogen and oxygen atoms in total. The number of carbonyl (C=O) groups is 5. The highest BCUT2D eigenvalue weighted by atomic mass is 16.6. The van der Waals surface area contributed by atoms with Crippen LogP contribution in [0.1, 0.15) is 42.5 Å². The lowest BCUT2D eigenvalue weighted by atomic mass is 9.84. The third-order valence-corrected chi connectivity index (χ3v) is 9.49. The maximum atomic E-state index is 14.0. The molecule has 0 heterocycles. The molecule has 0 aliphatic carbocycles. The standard InChI is InChI=1S/C44H53N5O9/c1-29(2)39(49-44(56)58-28-33-21-13-6-14-22-33)42(54)47-36(24-31-17-9-4-10-18-31)40(52)34(26-50)35(23-30-15-7-3-8-16-30)46-41(53)37(25-38(45)51)48-43(55)57-27-32-19-11-5-12-20-32/h3-22,29,34-37,39-40,50,52H,23-28H2,1-2H3,(H2,45,51)(H,46,53)(H,47,54)(H,48,55)(H,49,56)/t34-,35-,36-,37+,39-,40-/m0/s1. The zero-order valence-electron chi connectivity index (χ0n) is 32.7. The minimum absolute atomic E-state index is 0.00809. The molecule has 0 aromatic heterocycles. The summed E-state index contributed by atoms with van der Waals surface area (Å²) in [5.41, 5.74) is 8.43. The molecule has 0 aliphatic rings. The molecule has 5 amide bonds. The van der Waals surface area contributed by atoms with Gasteiger partial charge in [0.05, 0.1) is 25.2 Å². The number of rotatable bonds is 21. The van der Waals surface area contributed by atoms with Crippen molar-refractivity contribution in [2.45, 2.75) is 76.6 Å².